The van der Waals surface area contributed by atoms with Gasteiger partial charge >= 0.3 is 0 Å². The Labute approximate surface area is 62.0 Å². The zero-order valence-corrected chi connectivity index (χ0v) is 5.57. The van der Waals surface area contributed by atoms with Gasteiger partial charge in [0.2, 0.25) is 0 Å². The molecule has 0 bridgehead atoms. The molecule has 0 radical (unpaired) electrons. The topological polar surface area (TPSA) is 64.0 Å². The number of imidazole rings is 1. The van der Waals surface area contributed by atoms with Crippen LogP contribution in [0.1, 0.15) is 15.3 Å². The number of amides is 1. The van der Waals surface area contributed by atoms with E-state index in [0.29, 0.717) is 5.69 Å². The Morgan fingerprint density at radius 2 is 2.36 bits per heavy atom. The molecule has 1 aliphatic rings. The smallest absolute Gasteiger partial charge is 0.270 e. The van der Waals surface area contributed by atoms with E-state index >= 15 is 0 Å². The van der Waals surface area contributed by atoms with E-state index in [0.717, 1.165) is 0 Å². The molecule has 0 unspecified atom stereocenters. The summed E-state index contributed by atoms with van der Waals surface area (Å²) in [7, 11) is 0. The van der Waals surface area contributed by atoms with E-state index in [1.165, 1.54) is 17.1 Å². The maximum Gasteiger partial charge on any atom is 0.270 e. The molecule has 5 heteroatoms. The molecule has 1 aliphatic heterocycles. The lowest BCUT2D eigenvalue weighted by Crippen LogP contribution is -2.40. The van der Waals surface area contributed by atoms with Crippen molar-refractivity contribution in [2.45, 2.75) is 0 Å². The minimum Gasteiger partial charge on any atom is -0.342 e. The summed E-state index contributed by atoms with van der Waals surface area (Å²) >= 11 is 0. The second-order valence-electron chi connectivity index (χ2n) is 2.23. The Kier molecular flexibility index (Phi) is 1.06. The summed E-state index contributed by atoms with van der Waals surface area (Å²) in [6.45, 7) is 0.0577. The average molecular weight is 151 g/mol. The van der Waals surface area contributed by atoms with Gasteiger partial charge < -0.3 is 5.32 Å². The fourth-order valence-electron chi connectivity index (χ4n) is 0.993. The SMILES string of the molecule is O=C1NCC(=O)n2cncc21. The van der Waals surface area contributed by atoms with Gasteiger partial charge in [-0.05, 0) is 0 Å². The molecule has 1 N–H and O–H groups in total. The van der Waals surface area contributed by atoms with Crippen molar-refractivity contribution in [1.29, 1.82) is 0 Å². The van der Waals surface area contributed by atoms with Gasteiger partial charge in [-0.1, -0.05) is 0 Å². The molecule has 56 valence electrons. The maximum atomic E-state index is 11.0. The van der Waals surface area contributed by atoms with Gasteiger partial charge in [-0.15, -0.1) is 0 Å². The standard InChI is InChI=1S/C6H5N3O2/c10-5-2-8-6(11)4-1-7-3-9(4)5/h1,3H,2H2,(H,8,11). The van der Waals surface area contributed by atoms with Crippen molar-refractivity contribution in [1.82, 2.24) is 14.9 Å². The predicted octanol–water partition coefficient (Wildman–Crippen LogP) is -0.733. The van der Waals surface area contributed by atoms with E-state index in [1.54, 1.807) is 0 Å². The van der Waals surface area contributed by atoms with Crippen molar-refractivity contribution in [2.24, 2.45) is 0 Å². The molecule has 0 saturated heterocycles. The number of hydrogen-bond donors (Lipinski definition) is 1. The van der Waals surface area contributed by atoms with Crippen LogP contribution in [-0.2, 0) is 0 Å². The lowest BCUT2D eigenvalue weighted by Gasteiger charge is -2.12. The molecule has 1 amide bonds. The van der Waals surface area contributed by atoms with Crippen LogP contribution in [0, 0.1) is 0 Å². The van der Waals surface area contributed by atoms with Crippen LogP contribution in [0.4, 0.5) is 0 Å². The highest BCUT2D eigenvalue weighted by molar-refractivity contribution is 6.02. The van der Waals surface area contributed by atoms with Crippen LogP contribution >= 0.6 is 0 Å². The number of carbonyl (C=O) groups is 2. The molecule has 0 aliphatic carbocycles. The zero-order chi connectivity index (χ0) is 7.84. The lowest BCUT2D eigenvalue weighted by molar-refractivity contribution is 0.0809. The molecular formula is C6H5N3O2. The molecule has 2 heterocycles. The zero-order valence-electron chi connectivity index (χ0n) is 5.57. The minimum absolute atomic E-state index is 0.0577. The van der Waals surface area contributed by atoms with Crippen LogP contribution in [0.2, 0.25) is 0 Å². The molecule has 5 nitrogen and oxygen atoms in total. The number of aromatic nitrogens is 2. The van der Waals surface area contributed by atoms with Gasteiger partial charge in [0.05, 0.1) is 12.7 Å². The van der Waals surface area contributed by atoms with Gasteiger partial charge in [0.15, 0.2) is 0 Å². The third-order valence-corrected chi connectivity index (χ3v) is 1.54. The first-order valence-electron chi connectivity index (χ1n) is 3.13. The van der Waals surface area contributed by atoms with E-state index in [1.807, 2.05) is 0 Å². The lowest BCUT2D eigenvalue weighted by atomic mass is 10.3. The Balaban J connectivity index is 2.59. The Morgan fingerprint density at radius 1 is 1.55 bits per heavy atom. The Morgan fingerprint density at radius 3 is 3.09 bits per heavy atom. The van der Waals surface area contributed by atoms with E-state index in [4.69, 9.17) is 0 Å². The van der Waals surface area contributed by atoms with Crippen LogP contribution in [0.3, 0.4) is 0 Å². The quantitative estimate of drug-likeness (QED) is 0.531. The van der Waals surface area contributed by atoms with Crippen molar-refractivity contribution in [3.8, 4) is 0 Å². The van der Waals surface area contributed by atoms with Crippen molar-refractivity contribution in [2.75, 3.05) is 6.54 Å². The fraction of sp³-hybridized carbons (Fsp3) is 0.167. The highest BCUT2D eigenvalue weighted by atomic mass is 16.2. The van der Waals surface area contributed by atoms with Crippen LogP contribution in [0.15, 0.2) is 12.5 Å². The largest absolute Gasteiger partial charge is 0.342 e. The third kappa shape index (κ3) is 0.739. The highest BCUT2D eigenvalue weighted by Gasteiger charge is 2.21. The number of rotatable bonds is 0. The van der Waals surface area contributed by atoms with Gasteiger partial charge in [0.25, 0.3) is 11.8 Å². The monoisotopic (exact) mass is 151 g/mol. The summed E-state index contributed by atoms with van der Waals surface area (Å²) in [4.78, 5) is 25.7. The molecule has 2 rings (SSSR count). The highest BCUT2D eigenvalue weighted by Crippen LogP contribution is 2.02. The third-order valence-electron chi connectivity index (χ3n) is 1.54. The first-order valence-corrected chi connectivity index (χ1v) is 3.13. The summed E-state index contributed by atoms with van der Waals surface area (Å²) < 4.78 is 1.25. The summed E-state index contributed by atoms with van der Waals surface area (Å²) in [5, 5.41) is 2.42. The van der Waals surface area contributed by atoms with Crippen molar-refractivity contribution >= 4 is 11.8 Å². The number of fused-ring (bicyclic) bond motifs is 1. The second-order valence-corrected chi connectivity index (χ2v) is 2.23. The van der Waals surface area contributed by atoms with Gasteiger partial charge in [0, 0.05) is 0 Å². The Bertz CT molecular complexity index is 298. The van der Waals surface area contributed by atoms with Crippen LogP contribution < -0.4 is 5.32 Å². The summed E-state index contributed by atoms with van der Waals surface area (Å²) in [6.07, 6.45) is 2.71. The summed E-state index contributed by atoms with van der Waals surface area (Å²) in [6, 6.07) is 0. The van der Waals surface area contributed by atoms with E-state index in [2.05, 4.69) is 10.3 Å². The van der Waals surface area contributed by atoms with Gasteiger partial charge in [0.1, 0.15) is 12.0 Å². The molecule has 0 fully saturated rings. The number of nitrogens with zero attached hydrogens (tertiary/aromatic N) is 2. The van der Waals surface area contributed by atoms with Crippen LogP contribution in [-0.4, -0.2) is 27.9 Å². The van der Waals surface area contributed by atoms with Crippen LogP contribution in [0.25, 0.3) is 0 Å². The molecular weight excluding hydrogens is 146 g/mol. The van der Waals surface area contributed by atoms with Gasteiger partial charge in [-0.25, -0.2) is 4.98 Å². The van der Waals surface area contributed by atoms with Crippen molar-refractivity contribution < 1.29 is 9.59 Å². The molecule has 1 aromatic heterocycles. The number of nitrogens with one attached hydrogen (secondary N) is 1. The summed E-state index contributed by atoms with van der Waals surface area (Å²) in [5.74, 6) is -0.404. The first-order chi connectivity index (χ1) is 5.29. The van der Waals surface area contributed by atoms with Gasteiger partial charge in [-0.2, -0.15) is 0 Å². The van der Waals surface area contributed by atoms with Gasteiger partial charge in [-0.3, -0.25) is 14.2 Å². The Hall–Kier alpha value is -1.65. The number of carbonyl (C=O) groups excluding carboxylic acids is 2. The van der Waals surface area contributed by atoms with E-state index in [-0.39, 0.29) is 18.4 Å². The number of hydrogen-bond acceptors (Lipinski definition) is 3. The fourth-order valence-corrected chi connectivity index (χ4v) is 0.993. The minimum atomic E-state index is -0.248. The normalized spacial score (nSPS) is 16.0. The molecule has 0 atom stereocenters. The average Bonchev–Trinajstić information content (AvgIpc) is 2.45. The summed E-state index contributed by atoms with van der Waals surface area (Å²) in [5.41, 5.74) is 0.307. The van der Waals surface area contributed by atoms with E-state index in [9.17, 15) is 9.59 Å². The molecule has 11 heavy (non-hydrogen) atoms. The van der Waals surface area contributed by atoms with Crippen molar-refractivity contribution in [3.05, 3.63) is 18.2 Å². The van der Waals surface area contributed by atoms with Crippen LogP contribution in [0.5, 0.6) is 0 Å². The molecule has 0 saturated carbocycles. The van der Waals surface area contributed by atoms with E-state index < -0.39 is 0 Å². The predicted molar refractivity (Wildman–Crippen MR) is 35.2 cm³/mol. The van der Waals surface area contributed by atoms with Crippen molar-refractivity contribution in [3.63, 3.8) is 0 Å². The first kappa shape index (κ1) is 6.09. The molecule has 1 aromatic rings. The maximum absolute atomic E-state index is 11.0. The molecule has 0 spiro atoms. The second kappa shape index (κ2) is 1.91. The molecule has 0 aromatic carbocycles.